The molecule has 2 aromatic rings. The van der Waals surface area contributed by atoms with Crippen molar-refractivity contribution in [1.29, 1.82) is 0 Å². The molecule has 0 radical (unpaired) electrons. The van der Waals surface area contributed by atoms with Crippen LogP contribution in [0.1, 0.15) is 30.5 Å². The van der Waals surface area contributed by atoms with E-state index < -0.39 is 0 Å². The molecule has 0 fully saturated rings. The molecule has 0 saturated heterocycles. The molecule has 0 bridgehead atoms. The Kier molecular flexibility index (Phi) is 6.47. The summed E-state index contributed by atoms with van der Waals surface area (Å²) in [6.07, 6.45) is 1.71. The van der Waals surface area contributed by atoms with Crippen LogP contribution in [0.5, 0.6) is 5.75 Å². The molecule has 0 saturated carbocycles. The zero-order valence-corrected chi connectivity index (χ0v) is 14.6. The molecule has 0 aliphatic carbocycles. The van der Waals surface area contributed by atoms with Gasteiger partial charge in [-0.3, -0.25) is 0 Å². The third-order valence-electron chi connectivity index (χ3n) is 3.56. The lowest BCUT2D eigenvalue weighted by atomic mass is 10.1. The molecule has 2 aromatic carbocycles. The van der Waals surface area contributed by atoms with Crippen molar-refractivity contribution >= 4 is 22.0 Å². The van der Waals surface area contributed by atoms with E-state index in [0.29, 0.717) is 6.54 Å². The Bertz CT molecular complexity index is 644. The van der Waals surface area contributed by atoms with Gasteiger partial charge in [0, 0.05) is 11.0 Å². The summed E-state index contributed by atoms with van der Waals surface area (Å²) in [5.74, 6) is 0.271. The summed E-state index contributed by atoms with van der Waals surface area (Å²) in [4.78, 5) is 11.9. The Balaban J connectivity index is 1.69. The zero-order valence-electron chi connectivity index (χ0n) is 13.1. The number of phenols is 1. The largest absolute Gasteiger partial charge is 0.508 e. The highest BCUT2D eigenvalue weighted by molar-refractivity contribution is 9.10. The normalized spacial score (nSPS) is 11.7. The molecule has 4 nitrogen and oxygen atoms in total. The SMILES string of the molecule is CC(NC(=O)NCCCc1ccc(O)cc1)c1cccc(Br)c1. The molecule has 0 aromatic heterocycles. The highest BCUT2D eigenvalue weighted by atomic mass is 79.9. The number of phenolic OH excluding ortho intramolecular Hbond substituents is 1. The van der Waals surface area contributed by atoms with E-state index in [4.69, 9.17) is 0 Å². The van der Waals surface area contributed by atoms with Gasteiger partial charge >= 0.3 is 6.03 Å². The van der Waals surface area contributed by atoms with Crippen LogP contribution in [0.15, 0.2) is 53.0 Å². The first kappa shape index (κ1) is 17.3. The van der Waals surface area contributed by atoms with Crippen molar-refractivity contribution < 1.29 is 9.90 Å². The maximum atomic E-state index is 11.9. The lowest BCUT2D eigenvalue weighted by Gasteiger charge is -2.15. The van der Waals surface area contributed by atoms with Crippen molar-refractivity contribution in [2.24, 2.45) is 0 Å². The number of carbonyl (C=O) groups excluding carboxylic acids is 1. The van der Waals surface area contributed by atoms with Gasteiger partial charge < -0.3 is 15.7 Å². The molecule has 122 valence electrons. The molecule has 0 heterocycles. The number of aromatic hydroxyl groups is 1. The molecule has 1 atom stereocenters. The van der Waals surface area contributed by atoms with E-state index in [1.54, 1.807) is 12.1 Å². The molecule has 23 heavy (non-hydrogen) atoms. The Labute approximate surface area is 145 Å². The minimum absolute atomic E-state index is 0.0513. The minimum atomic E-state index is -0.164. The van der Waals surface area contributed by atoms with Crippen molar-refractivity contribution in [1.82, 2.24) is 10.6 Å². The van der Waals surface area contributed by atoms with Gasteiger partial charge in [0.2, 0.25) is 0 Å². The highest BCUT2D eigenvalue weighted by Gasteiger charge is 2.09. The Hall–Kier alpha value is -2.01. The predicted octanol–water partition coefficient (Wildman–Crippen LogP) is 4.15. The lowest BCUT2D eigenvalue weighted by Crippen LogP contribution is -2.37. The van der Waals surface area contributed by atoms with E-state index in [2.05, 4.69) is 26.6 Å². The molecule has 2 rings (SSSR count). The average molecular weight is 377 g/mol. The maximum absolute atomic E-state index is 11.9. The Morgan fingerprint density at radius 2 is 1.96 bits per heavy atom. The van der Waals surface area contributed by atoms with Gasteiger partial charge in [0.25, 0.3) is 0 Å². The minimum Gasteiger partial charge on any atom is -0.508 e. The number of rotatable bonds is 6. The molecule has 0 aliphatic heterocycles. The van der Waals surface area contributed by atoms with E-state index in [0.717, 1.165) is 28.4 Å². The Morgan fingerprint density at radius 3 is 2.65 bits per heavy atom. The summed E-state index contributed by atoms with van der Waals surface area (Å²) in [5, 5.41) is 15.0. The topological polar surface area (TPSA) is 61.4 Å². The summed E-state index contributed by atoms with van der Waals surface area (Å²) in [7, 11) is 0. The third-order valence-corrected chi connectivity index (χ3v) is 4.05. The zero-order chi connectivity index (χ0) is 16.7. The van der Waals surface area contributed by atoms with Crippen molar-refractivity contribution in [3.05, 3.63) is 64.1 Å². The van der Waals surface area contributed by atoms with Crippen LogP contribution in [-0.4, -0.2) is 17.7 Å². The van der Waals surface area contributed by atoms with Crippen LogP contribution in [0.2, 0.25) is 0 Å². The fourth-order valence-electron chi connectivity index (χ4n) is 2.26. The molecular formula is C18H21BrN2O2. The quantitative estimate of drug-likeness (QED) is 0.663. The van der Waals surface area contributed by atoms with Crippen molar-refractivity contribution in [3.8, 4) is 5.75 Å². The van der Waals surface area contributed by atoms with Crippen LogP contribution in [0.3, 0.4) is 0 Å². The summed E-state index contributed by atoms with van der Waals surface area (Å²) < 4.78 is 0.998. The first-order valence-corrected chi connectivity index (χ1v) is 8.41. The lowest BCUT2D eigenvalue weighted by molar-refractivity contribution is 0.238. The van der Waals surface area contributed by atoms with E-state index >= 15 is 0 Å². The fraction of sp³-hybridized carbons (Fsp3) is 0.278. The van der Waals surface area contributed by atoms with Crippen LogP contribution in [0.25, 0.3) is 0 Å². The number of hydrogen-bond acceptors (Lipinski definition) is 2. The van der Waals surface area contributed by atoms with Gasteiger partial charge in [0.15, 0.2) is 0 Å². The van der Waals surface area contributed by atoms with Crippen LogP contribution >= 0.6 is 15.9 Å². The molecule has 0 spiro atoms. The van der Waals surface area contributed by atoms with Gasteiger partial charge in [0.1, 0.15) is 5.75 Å². The van der Waals surface area contributed by atoms with Crippen molar-refractivity contribution in [2.75, 3.05) is 6.54 Å². The van der Waals surface area contributed by atoms with E-state index in [1.807, 2.05) is 43.3 Å². The number of halogens is 1. The standard InChI is InChI=1S/C18H21BrN2O2/c1-13(15-5-2-6-16(19)12-15)21-18(23)20-11-3-4-14-7-9-17(22)10-8-14/h2,5-10,12-13,22H,3-4,11H2,1H3,(H2,20,21,23). The molecule has 1 unspecified atom stereocenters. The molecule has 2 amide bonds. The van der Waals surface area contributed by atoms with Gasteiger partial charge in [0.05, 0.1) is 6.04 Å². The van der Waals surface area contributed by atoms with Gasteiger partial charge in [-0.05, 0) is 55.2 Å². The average Bonchev–Trinajstić information content (AvgIpc) is 2.53. The Morgan fingerprint density at radius 1 is 1.22 bits per heavy atom. The second kappa shape index (κ2) is 8.58. The summed E-state index contributed by atoms with van der Waals surface area (Å²) in [6, 6.07) is 14.8. The van der Waals surface area contributed by atoms with E-state index in [-0.39, 0.29) is 17.8 Å². The van der Waals surface area contributed by atoms with Gasteiger partial charge in [-0.1, -0.05) is 40.2 Å². The van der Waals surface area contributed by atoms with Gasteiger partial charge in [-0.2, -0.15) is 0 Å². The van der Waals surface area contributed by atoms with Crippen molar-refractivity contribution in [3.63, 3.8) is 0 Å². The number of carbonyl (C=O) groups is 1. The smallest absolute Gasteiger partial charge is 0.315 e. The van der Waals surface area contributed by atoms with Gasteiger partial charge in [-0.25, -0.2) is 4.79 Å². The van der Waals surface area contributed by atoms with Crippen LogP contribution in [0.4, 0.5) is 4.79 Å². The number of urea groups is 1. The predicted molar refractivity (Wildman–Crippen MR) is 95.5 cm³/mol. The third kappa shape index (κ3) is 5.94. The van der Waals surface area contributed by atoms with Crippen LogP contribution in [0, 0.1) is 0 Å². The summed E-state index contributed by atoms with van der Waals surface area (Å²) in [5.41, 5.74) is 2.20. The molecular weight excluding hydrogens is 356 g/mol. The second-order valence-corrected chi connectivity index (χ2v) is 6.36. The number of nitrogens with one attached hydrogen (secondary N) is 2. The number of amides is 2. The summed E-state index contributed by atoms with van der Waals surface area (Å²) in [6.45, 7) is 2.57. The fourth-order valence-corrected chi connectivity index (χ4v) is 2.68. The monoisotopic (exact) mass is 376 g/mol. The van der Waals surface area contributed by atoms with Crippen molar-refractivity contribution in [2.45, 2.75) is 25.8 Å². The van der Waals surface area contributed by atoms with Gasteiger partial charge in [-0.15, -0.1) is 0 Å². The van der Waals surface area contributed by atoms with Crippen LogP contribution in [-0.2, 0) is 6.42 Å². The first-order chi connectivity index (χ1) is 11.0. The summed E-state index contributed by atoms with van der Waals surface area (Å²) >= 11 is 3.43. The maximum Gasteiger partial charge on any atom is 0.315 e. The second-order valence-electron chi connectivity index (χ2n) is 5.45. The van der Waals surface area contributed by atoms with E-state index in [1.165, 1.54) is 0 Å². The first-order valence-electron chi connectivity index (χ1n) is 7.62. The van der Waals surface area contributed by atoms with Crippen LogP contribution < -0.4 is 10.6 Å². The molecule has 0 aliphatic rings. The number of aryl methyl sites for hydroxylation is 1. The van der Waals surface area contributed by atoms with E-state index in [9.17, 15) is 9.90 Å². The number of benzene rings is 2. The molecule has 5 heteroatoms. The highest BCUT2D eigenvalue weighted by Crippen LogP contribution is 2.17. The molecule has 3 N–H and O–H groups in total. The number of hydrogen-bond donors (Lipinski definition) is 3.